The molecule has 0 atom stereocenters. The number of rotatable bonds is 0. The average molecular weight is 145 g/mol. The Morgan fingerprint density at radius 2 is 2.22 bits per heavy atom. The standard InChI is InChI=1S/C6H4ClFN/c1-4-2-3-5(7)9-6(4)8/h2-3H,1H2. The molecular formula is C6H4ClFN. The third kappa shape index (κ3) is 1.39. The molecule has 3 heteroatoms. The molecule has 9 heavy (non-hydrogen) atoms. The van der Waals surface area contributed by atoms with Crippen molar-refractivity contribution in [1.82, 2.24) is 0 Å². The molecule has 0 aromatic carbocycles. The highest BCUT2D eigenvalue weighted by Gasteiger charge is 2.12. The van der Waals surface area contributed by atoms with Gasteiger partial charge in [0.15, 0.2) is 0 Å². The van der Waals surface area contributed by atoms with Gasteiger partial charge in [-0.25, -0.2) is 9.38 Å². The summed E-state index contributed by atoms with van der Waals surface area (Å²) in [4.78, 5) is 3.31. The number of dihydropyridines is 1. The SMILES string of the molecule is C=C1C=CC(Cl)=N[C]1F. The van der Waals surface area contributed by atoms with Gasteiger partial charge in [0.2, 0.25) is 0 Å². The molecule has 0 aromatic rings. The van der Waals surface area contributed by atoms with E-state index in [-0.39, 0.29) is 10.7 Å². The Kier molecular flexibility index (Phi) is 1.67. The molecule has 1 heterocycles. The third-order valence-corrected chi connectivity index (χ3v) is 1.10. The van der Waals surface area contributed by atoms with Gasteiger partial charge in [0, 0.05) is 5.57 Å². The normalized spacial score (nSPS) is 20.2. The molecule has 1 rings (SSSR count). The van der Waals surface area contributed by atoms with Crippen LogP contribution in [0.2, 0.25) is 0 Å². The largest absolute Gasteiger partial charge is 0.285 e. The van der Waals surface area contributed by atoms with Crippen LogP contribution in [0.15, 0.2) is 29.3 Å². The Bertz CT molecular complexity index is 195. The highest BCUT2D eigenvalue weighted by Crippen LogP contribution is 2.21. The van der Waals surface area contributed by atoms with E-state index in [9.17, 15) is 4.39 Å². The Labute approximate surface area is 57.5 Å². The van der Waals surface area contributed by atoms with Crippen LogP contribution >= 0.6 is 11.6 Å². The number of allylic oxidation sites excluding steroid dienone is 1. The molecule has 47 valence electrons. The van der Waals surface area contributed by atoms with Crippen molar-refractivity contribution < 1.29 is 4.39 Å². The van der Waals surface area contributed by atoms with Gasteiger partial charge in [-0.1, -0.05) is 24.3 Å². The van der Waals surface area contributed by atoms with E-state index < -0.39 is 6.30 Å². The summed E-state index contributed by atoms with van der Waals surface area (Å²) in [6, 6.07) is 0. The summed E-state index contributed by atoms with van der Waals surface area (Å²) in [6.07, 6.45) is 2.36. The van der Waals surface area contributed by atoms with Gasteiger partial charge in [-0.2, -0.15) is 0 Å². The van der Waals surface area contributed by atoms with E-state index in [0.717, 1.165) is 0 Å². The maximum Gasteiger partial charge on any atom is 0.285 e. The van der Waals surface area contributed by atoms with Gasteiger partial charge < -0.3 is 0 Å². The minimum absolute atomic E-state index is 0.153. The van der Waals surface area contributed by atoms with Crippen molar-refractivity contribution in [2.24, 2.45) is 4.99 Å². The minimum atomic E-state index is -0.609. The molecule has 1 nitrogen and oxygen atoms in total. The fourth-order valence-electron chi connectivity index (χ4n) is 0.441. The zero-order chi connectivity index (χ0) is 6.85. The molecule has 0 saturated carbocycles. The highest BCUT2D eigenvalue weighted by atomic mass is 35.5. The van der Waals surface area contributed by atoms with Crippen LogP contribution in [0, 0.1) is 6.30 Å². The zero-order valence-electron chi connectivity index (χ0n) is 4.56. The maximum absolute atomic E-state index is 12.3. The van der Waals surface area contributed by atoms with Crippen molar-refractivity contribution in [3.05, 3.63) is 30.6 Å². The zero-order valence-corrected chi connectivity index (χ0v) is 5.32. The third-order valence-electron chi connectivity index (χ3n) is 0.892. The van der Waals surface area contributed by atoms with Gasteiger partial charge in [0.1, 0.15) is 5.17 Å². The van der Waals surface area contributed by atoms with Gasteiger partial charge in [-0.15, -0.1) is 0 Å². The van der Waals surface area contributed by atoms with E-state index in [0.29, 0.717) is 0 Å². The van der Waals surface area contributed by atoms with Crippen molar-refractivity contribution >= 4 is 16.8 Å². The fourth-order valence-corrected chi connectivity index (χ4v) is 0.578. The molecule has 0 aliphatic carbocycles. The topological polar surface area (TPSA) is 12.4 Å². The van der Waals surface area contributed by atoms with E-state index in [1.165, 1.54) is 12.2 Å². The van der Waals surface area contributed by atoms with Crippen molar-refractivity contribution in [1.29, 1.82) is 0 Å². The molecule has 0 spiro atoms. The van der Waals surface area contributed by atoms with Crippen LogP contribution in [0.5, 0.6) is 0 Å². The van der Waals surface area contributed by atoms with E-state index in [2.05, 4.69) is 11.6 Å². The van der Waals surface area contributed by atoms with Crippen LogP contribution in [0.4, 0.5) is 4.39 Å². The summed E-state index contributed by atoms with van der Waals surface area (Å²) in [5.41, 5.74) is 0.263. The first kappa shape index (κ1) is 6.49. The van der Waals surface area contributed by atoms with Crippen LogP contribution in [-0.4, -0.2) is 5.17 Å². The molecule has 0 aromatic heterocycles. The smallest absolute Gasteiger partial charge is 0.224 e. The Morgan fingerprint density at radius 3 is 2.67 bits per heavy atom. The molecule has 0 N–H and O–H groups in total. The van der Waals surface area contributed by atoms with Gasteiger partial charge in [0.05, 0.1) is 0 Å². The second-order valence-corrected chi connectivity index (χ2v) is 1.97. The van der Waals surface area contributed by atoms with E-state index in [1.807, 2.05) is 0 Å². The van der Waals surface area contributed by atoms with Gasteiger partial charge in [-0.05, 0) is 6.08 Å². The maximum atomic E-state index is 12.3. The Morgan fingerprint density at radius 1 is 1.56 bits per heavy atom. The van der Waals surface area contributed by atoms with Gasteiger partial charge in [-0.3, -0.25) is 0 Å². The van der Waals surface area contributed by atoms with Gasteiger partial charge in [0.25, 0.3) is 6.30 Å². The number of hydrogen-bond acceptors (Lipinski definition) is 1. The lowest BCUT2D eigenvalue weighted by molar-refractivity contribution is 0.532. The summed E-state index contributed by atoms with van der Waals surface area (Å²) in [7, 11) is 0. The molecule has 0 fully saturated rings. The molecular weight excluding hydrogens is 141 g/mol. The van der Waals surface area contributed by atoms with Gasteiger partial charge >= 0.3 is 0 Å². The Hall–Kier alpha value is -0.630. The molecule has 1 radical (unpaired) electrons. The number of nitrogens with zero attached hydrogens (tertiary/aromatic N) is 1. The summed E-state index contributed by atoms with van der Waals surface area (Å²) < 4.78 is 12.3. The predicted octanol–water partition coefficient (Wildman–Crippen LogP) is 2.21. The number of halogens is 2. The molecule has 1 aliphatic rings. The van der Waals surface area contributed by atoms with Crippen molar-refractivity contribution in [3.8, 4) is 0 Å². The summed E-state index contributed by atoms with van der Waals surface area (Å²) in [5.74, 6) is 0. The van der Waals surface area contributed by atoms with E-state index >= 15 is 0 Å². The summed E-state index contributed by atoms with van der Waals surface area (Å²) >= 11 is 5.34. The first-order valence-corrected chi connectivity index (χ1v) is 2.72. The van der Waals surface area contributed by atoms with Crippen molar-refractivity contribution in [3.63, 3.8) is 0 Å². The van der Waals surface area contributed by atoms with E-state index in [4.69, 9.17) is 11.6 Å². The molecule has 0 amide bonds. The van der Waals surface area contributed by atoms with Crippen LogP contribution in [-0.2, 0) is 0 Å². The van der Waals surface area contributed by atoms with Crippen LogP contribution in [0.3, 0.4) is 0 Å². The number of hydrogen-bond donors (Lipinski definition) is 0. The van der Waals surface area contributed by atoms with Crippen LogP contribution in [0.25, 0.3) is 0 Å². The summed E-state index contributed by atoms with van der Waals surface area (Å²) in [5, 5.41) is 0.153. The monoisotopic (exact) mass is 144 g/mol. The lowest BCUT2D eigenvalue weighted by atomic mass is 10.2. The predicted molar refractivity (Wildman–Crippen MR) is 35.9 cm³/mol. The average Bonchev–Trinajstić information content (AvgIpc) is 1.80. The van der Waals surface area contributed by atoms with Crippen LogP contribution < -0.4 is 0 Å². The second-order valence-electron chi connectivity index (χ2n) is 1.58. The van der Waals surface area contributed by atoms with Crippen molar-refractivity contribution in [2.45, 2.75) is 0 Å². The minimum Gasteiger partial charge on any atom is -0.224 e. The first-order valence-electron chi connectivity index (χ1n) is 2.34. The second kappa shape index (κ2) is 2.31. The number of aliphatic imine (C=N–C) groups is 1. The van der Waals surface area contributed by atoms with Crippen molar-refractivity contribution in [2.75, 3.05) is 0 Å². The lowest BCUT2D eigenvalue weighted by Crippen LogP contribution is -1.96. The summed E-state index contributed by atoms with van der Waals surface area (Å²) in [6.45, 7) is 3.37. The Balaban J connectivity index is 2.82. The highest BCUT2D eigenvalue weighted by molar-refractivity contribution is 6.68. The molecule has 0 unspecified atom stereocenters. The quantitative estimate of drug-likeness (QED) is 0.463. The fraction of sp³-hybridized carbons (Fsp3) is 0. The molecule has 0 saturated heterocycles. The molecule has 0 bridgehead atoms. The lowest BCUT2D eigenvalue weighted by Gasteiger charge is -2.03. The van der Waals surface area contributed by atoms with Crippen LogP contribution in [0.1, 0.15) is 0 Å². The first-order chi connectivity index (χ1) is 4.20. The molecule has 1 aliphatic heterocycles. The van der Waals surface area contributed by atoms with E-state index in [1.54, 1.807) is 0 Å².